The lowest BCUT2D eigenvalue weighted by Gasteiger charge is -2.34. The van der Waals surface area contributed by atoms with Gasteiger partial charge in [-0.2, -0.15) is 0 Å². The van der Waals surface area contributed by atoms with Crippen LogP contribution in [0.4, 0.5) is 11.4 Å². The third-order valence-corrected chi connectivity index (χ3v) is 3.54. The predicted molar refractivity (Wildman–Crippen MR) is 67.5 cm³/mol. The first-order valence-corrected chi connectivity index (χ1v) is 6.11. The molecule has 2 rings (SSSR count). The average molecular weight is 251 g/mol. The van der Waals surface area contributed by atoms with Crippen molar-refractivity contribution >= 4 is 11.4 Å². The van der Waals surface area contributed by atoms with Crippen LogP contribution in [0.15, 0.2) is 18.5 Å². The minimum atomic E-state index is -0.400. The van der Waals surface area contributed by atoms with Crippen LogP contribution in [0.2, 0.25) is 0 Å². The molecule has 1 aliphatic heterocycles. The second-order valence-electron chi connectivity index (χ2n) is 4.69. The lowest BCUT2D eigenvalue weighted by Crippen LogP contribution is -2.37. The highest BCUT2D eigenvalue weighted by Gasteiger charge is 2.26. The fourth-order valence-corrected chi connectivity index (χ4v) is 2.41. The number of aliphatic hydroxyl groups is 1. The van der Waals surface area contributed by atoms with Crippen molar-refractivity contribution in [3.63, 3.8) is 0 Å². The molecule has 1 unspecified atom stereocenters. The van der Waals surface area contributed by atoms with Crippen LogP contribution < -0.4 is 4.90 Å². The number of hydrogen-bond donors (Lipinski definition) is 1. The summed E-state index contributed by atoms with van der Waals surface area (Å²) in [4.78, 5) is 16.3. The number of nitro groups is 1. The van der Waals surface area contributed by atoms with E-state index in [2.05, 4.69) is 4.98 Å². The van der Waals surface area contributed by atoms with Crippen LogP contribution in [-0.4, -0.2) is 34.2 Å². The van der Waals surface area contributed by atoms with E-state index < -0.39 is 4.92 Å². The molecule has 6 heteroatoms. The molecule has 0 saturated carbocycles. The molecule has 0 bridgehead atoms. The molecule has 0 aromatic carbocycles. The lowest BCUT2D eigenvalue weighted by atomic mass is 9.92. The van der Waals surface area contributed by atoms with Crippen LogP contribution >= 0.6 is 0 Å². The number of pyridine rings is 1. The van der Waals surface area contributed by atoms with Crippen LogP contribution in [0.3, 0.4) is 0 Å². The van der Waals surface area contributed by atoms with Crippen molar-refractivity contribution in [2.24, 2.45) is 5.92 Å². The molecular formula is C12H17N3O3. The smallest absolute Gasteiger partial charge is 0.310 e. The molecule has 0 radical (unpaired) electrons. The van der Waals surface area contributed by atoms with Crippen LogP contribution in [0, 0.1) is 16.0 Å². The number of piperidine rings is 1. The maximum Gasteiger partial charge on any atom is 0.310 e. The Morgan fingerprint density at radius 3 is 2.78 bits per heavy atom. The summed E-state index contributed by atoms with van der Waals surface area (Å²) in [6, 6.07) is 1.68. The predicted octanol–water partition coefficient (Wildman–Crippen LogP) is 1.59. The second-order valence-corrected chi connectivity index (χ2v) is 4.69. The van der Waals surface area contributed by atoms with E-state index >= 15 is 0 Å². The Kier molecular flexibility index (Phi) is 3.76. The molecule has 18 heavy (non-hydrogen) atoms. The van der Waals surface area contributed by atoms with E-state index in [9.17, 15) is 15.2 Å². The molecular weight excluding hydrogens is 234 g/mol. The minimum Gasteiger partial charge on any atom is -0.393 e. The van der Waals surface area contributed by atoms with E-state index in [1.165, 1.54) is 6.20 Å². The molecule has 1 saturated heterocycles. The summed E-state index contributed by atoms with van der Waals surface area (Å²) < 4.78 is 0. The summed E-state index contributed by atoms with van der Waals surface area (Å²) in [7, 11) is 0. The zero-order valence-corrected chi connectivity index (χ0v) is 10.3. The van der Waals surface area contributed by atoms with Crippen molar-refractivity contribution in [2.75, 3.05) is 18.0 Å². The fraction of sp³-hybridized carbons (Fsp3) is 0.583. The van der Waals surface area contributed by atoms with E-state index in [0.29, 0.717) is 11.6 Å². The van der Waals surface area contributed by atoms with Gasteiger partial charge in [-0.1, -0.05) is 0 Å². The Labute approximate surface area is 105 Å². The van der Waals surface area contributed by atoms with Gasteiger partial charge in [0.2, 0.25) is 0 Å². The molecule has 1 N–H and O–H groups in total. The van der Waals surface area contributed by atoms with Crippen molar-refractivity contribution < 1.29 is 10.0 Å². The summed E-state index contributed by atoms with van der Waals surface area (Å²) >= 11 is 0. The van der Waals surface area contributed by atoms with Crippen LogP contribution in [0.5, 0.6) is 0 Å². The van der Waals surface area contributed by atoms with Gasteiger partial charge in [-0.3, -0.25) is 15.1 Å². The van der Waals surface area contributed by atoms with Crippen LogP contribution in [0.1, 0.15) is 19.8 Å². The second kappa shape index (κ2) is 5.30. The number of aromatic nitrogens is 1. The molecule has 0 amide bonds. The van der Waals surface area contributed by atoms with Gasteiger partial charge < -0.3 is 10.0 Å². The van der Waals surface area contributed by atoms with Gasteiger partial charge in [-0.05, 0) is 31.7 Å². The van der Waals surface area contributed by atoms with Crippen molar-refractivity contribution in [3.05, 3.63) is 28.6 Å². The van der Waals surface area contributed by atoms with E-state index in [-0.39, 0.29) is 11.8 Å². The van der Waals surface area contributed by atoms with Crippen LogP contribution in [-0.2, 0) is 0 Å². The van der Waals surface area contributed by atoms with Gasteiger partial charge in [0.25, 0.3) is 0 Å². The highest BCUT2D eigenvalue weighted by Crippen LogP contribution is 2.31. The number of nitrogens with zero attached hydrogens (tertiary/aromatic N) is 3. The first-order valence-electron chi connectivity index (χ1n) is 6.11. The van der Waals surface area contributed by atoms with Gasteiger partial charge in [0.1, 0.15) is 11.9 Å². The van der Waals surface area contributed by atoms with Crippen molar-refractivity contribution in [1.82, 2.24) is 4.98 Å². The van der Waals surface area contributed by atoms with E-state index in [4.69, 9.17) is 0 Å². The fourth-order valence-electron chi connectivity index (χ4n) is 2.41. The largest absolute Gasteiger partial charge is 0.393 e. The maximum absolute atomic E-state index is 10.9. The first-order chi connectivity index (χ1) is 8.59. The third-order valence-electron chi connectivity index (χ3n) is 3.54. The summed E-state index contributed by atoms with van der Waals surface area (Å²) in [5.74, 6) is 0.294. The van der Waals surface area contributed by atoms with Gasteiger partial charge in [-0.15, -0.1) is 0 Å². The Balaban J connectivity index is 2.12. The minimum absolute atomic E-state index is 0.0491. The first kappa shape index (κ1) is 12.8. The van der Waals surface area contributed by atoms with E-state index in [1.807, 2.05) is 4.90 Å². The SMILES string of the molecule is CC(O)C1CCN(c2ccncc2[N+](=O)[O-])CC1. The van der Waals surface area contributed by atoms with Gasteiger partial charge >= 0.3 is 5.69 Å². The quantitative estimate of drug-likeness (QED) is 0.651. The summed E-state index contributed by atoms with van der Waals surface area (Å²) in [6.07, 6.45) is 4.27. The Hall–Kier alpha value is -1.69. The summed E-state index contributed by atoms with van der Waals surface area (Å²) in [5.41, 5.74) is 0.673. The molecule has 1 aliphatic rings. The van der Waals surface area contributed by atoms with Crippen molar-refractivity contribution in [3.8, 4) is 0 Å². The zero-order chi connectivity index (χ0) is 13.1. The van der Waals surface area contributed by atoms with Gasteiger partial charge in [0.05, 0.1) is 11.0 Å². The van der Waals surface area contributed by atoms with Crippen LogP contribution in [0.25, 0.3) is 0 Å². The maximum atomic E-state index is 10.9. The number of rotatable bonds is 3. The highest BCUT2D eigenvalue weighted by atomic mass is 16.6. The number of anilines is 1. The highest BCUT2D eigenvalue weighted by molar-refractivity contribution is 5.61. The van der Waals surface area contributed by atoms with Gasteiger partial charge in [0, 0.05) is 19.3 Å². The molecule has 1 fully saturated rings. The molecule has 1 aromatic heterocycles. The Morgan fingerprint density at radius 1 is 1.56 bits per heavy atom. The summed E-state index contributed by atoms with van der Waals surface area (Å²) in [6.45, 7) is 3.27. The topological polar surface area (TPSA) is 79.5 Å². The van der Waals surface area contributed by atoms with Crippen molar-refractivity contribution in [1.29, 1.82) is 0 Å². The standard InChI is InChI=1S/C12H17N3O3/c1-9(16)10-3-6-14(7-4-10)11-2-5-13-8-12(11)15(17)18/h2,5,8-10,16H,3-4,6-7H2,1H3. The Morgan fingerprint density at radius 2 is 2.22 bits per heavy atom. The lowest BCUT2D eigenvalue weighted by molar-refractivity contribution is -0.384. The molecule has 98 valence electrons. The van der Waals surface area contributed by atoms with E-state index in [1.54, 1.807) is 19.2 Å². The summed E-state index contributed by atoms with van der Waals surface area (Å²) in [5, 5.41) is 20.5. The third kappa shape index (κ3) is 2.59. The number of aliphatic hydroxyl groups excluding tert-OH is 1. The van der Waals surface area contributed by atoms with E-state index in [0.717, 1.165) is 25.9 Å². The molecule has 2 heterocycles. The Bertz CT molecular complexity index is 428. The van der Waals surface area contributed by atoms with Gasteiger partial charge in [-0.25, -0.2) is 0 Å². The monoisotopic (exact) mass is 251 g/mol. The number of hydrogen-bond acceptors (Lipinski definition) is 5. The average Bonchev–Trinajstić information content (AvgIpc) is 2.39. The molecule has 1 atom stereocenters. The molecule has 0 aliphatic carbocycles. The van der Waals surface area contributed by atoms with Crippen molar-refractivity contribution in [2.45, 2.75) is 25.9 Å². The molecule has 6 nitrogen and oxygen atoms in total. The normalized spacial score (nSPS) is 18.7. The van der Waals surface area contributed by atoms with Gasteiger partial charge in [0.15, 0.2) is 0 Å². The molecule has 0 spiro atoms. The zero-order valence-electron chi connectivity index (χ0n) is 10.3. The molecule has 1 aromatic rings.